The van der Waals surface area contributed by atoms with E-state index in [2.05, 4.69) is 60.0 Å². The molecule has 3 aromatic carbocycles. The van der Waals surface area contributed by atoms with Gasteiger partial charge >= 0.3 is 5.97 Å². The first-order valence-electron chi connectivity index (χ1n) is 23.0. The van der Waals surface area contributed by atoms with Crippen molar-refractivity contribution in [1.29, 1.82) is 5.26 Å². The number of β-amino-alcohol motifs (C(OH)–C–C–N with tert-alkyl or cyclic N) is 1. The summed E-state index contributed by atoms with van der Waals surface area (Å²) in [5.74, 6) is -2.10. The number of aliphatic hydroxyl groups excluding tert-OH is 1. The van der Waals surface area contributed by atoms with Crippen molar-refractivity contribution >= 4 is 58.2 Å². The standard InChI is InChI=1S/C51H62ClN7O9S/c1-49(2,3)42(45(64)59-27-35(60)23-38(59)44(63)55-26-30-11-13-31(14-12-30)41-40(46(65)66)56-29-69-41)57-39(61)28-67-22-10-8-9-21-54-34-18-15-32(16-19-34)43(62)58-47-50(4,5)48(51(47,6)7)68-36-20-17-33(25-53)37(52)24-36/h11-20,24,29,35,38,42,47-48,54,60H,8-10,21-23,26-28H2,1-7H3,(H,55,63)(H,57,61)(H,58,62)(H,65,66)/t35-,38+,42-,47?,48?/m1/s1. The number of carboxylic acid groups (broad SMARTS) is 1. The highest BCUT2D eigenvalue weighted by Gasteiger charge is 2.64. The second-order valence-electron chi connectivity index (χ2n) is 19.9. The molecule has 1 aliphatic carbocycles. The van der Waals surface area contributed by atoms with Crippen LogP contribution in [0.15, 0.2) is 72.2 Å². The second kappa shape index (κ2) is 22.1. The van der Waals surface area contributed by atoms with Gasteiger partial charge in [-0.05, 0) is 72.2 Å². The molecule has 69 heavy (non-hydrogen) atoms. The summed E-state index contributed by atoms with van der Waals surface area (Å²) < 4.78 is 12.0. The lowest BCUT2D eigenvalue weighted by Gasteiger charge is -2.63. The van der Waals surface area contributed by atoms with Crippen LogP contribution in [-0.2, 0) is 25.7 Å². The number of anilines is 1. The van der Waals surface area contributed by atoms with Crippen molar-refractivity contribution in [1.82, 2.24) is 25.8 Å². The van der Waals surface area contributed by atoms with Gasteiger partial charge in [0.2, 0.25) is 17.7 Å². The van der Waals surface area contributed by atoms with Crippen LogP contribution in [0.4, 0.5) is 5.69 Å². The van der Waals surface area contributed by atoms with E-state index in [0.717, 1.165) is 24.1 Å². The van der Waals surface area contributed by atoms with Crippen LogP contribution in [0.2, 0.25) is 5.02 Å². The van der Waals surface area contributed by atoms with Crippen LogP contribution in [0.3, 0.4) is 0 Å². The van der Waals surface area contributed by atoms with Gasteiger partial charge in [0.15, 0.2) is 5.69 Å². The number of aliphatic hydroxyl groups is 1. The molecule has 1 aliphatic heterocycles. The zero-order valence-corrected chi connectivity index (χ0v) is 41.6. The predicted octanol–water partition coefficient (Wildman–Crippen LogP) is 7.05. The molecule has 18 heteroatoms. The monoisotopic (exact) mass is 983 g/mol. The van der Waals surface area contributed by atoms with Gasteiger partial charge < -0.3 is 45.9 Å². The smallest absolute Gasteiger partial charge is 0.356 e. The zero-order valence-electron chi connectivity index (χ0n) is 40.1. The second-order valence-corrected chi connectivity index (χ2v) is 21.2. The molecule has 0 bridgehead atoms. The average Bonchev–Trinajstić information content (AvgIpc) is 3.96. The van der Waals surface area contributed by atoms with E-state index < -0.39 is 47.3 Å². The molecule has 3 atom stereocenters. The van der Waals surface area contributed by atoms with Crippen molar-refractivity contribution in [2.45, 2.75) is 111 Å². The quantitative estimate of drug-likeness (QED) is 0.0489. The number of nitrogens with one attached hydrogen (secondary N) is 4. The highest BCUT2D eigenvalue weighted by Crippen LogP contribution is 2.55. The number of hydrogen-bond donors (Lipinski definition) is 6. The average molecular weight is 985 g/mol. The highest BCUT2D eigenvalue weighted by atomic mass is 35.5. The Labute approximate surface area is 412 Å². The number of nitriles is 1. The largest absolute Gasteiger partial charge is 0.489 e. The lowest BCUT2D eigenvalue weighted by atomic mass is 9.49. The fourth-order valence-electron chi connectivity index (χ4n) is 9.46. The van der Waals surface area contributed by atoms with E-state index in [1.807, 2.05) is 32.9 Å². The van der Waals surface area contributed by atoms with Crippen LogP contribution in [0.1, 0.15) is 106 Å². The third kappa shape index (κ3) is 12.6. The van der Waals surface area contributed by atoms with E-state index in [4.69, 9.17) is 21.1 Å². The fourth-order valence-corrected chi connectivity index (χ4v) is 10.5. The number of unbranched alkanes of at least 4 members (excludes halogenated alkanes) is 2. The lowest BCUT2D eigenvalue weighted by molar-refractivity contribution is -0.164. The molecule has 1 aromatic heterocycles. The van der Waals surface area contributed by atoms with Crippen LogP contribution in [0.5, 0.6) is 5.75 Å². The number of carbonyl (C=O) groups excluding carboxylic acids is 4. The summed E-state index contributed by atoms with van der Waals surface area (Å²) in [4.78, 5) is 71.1. The topological polar surface area (TPSA) is 232 Å². The molecule has 6 rings (SSSR count). The van der Waals surface area contributed by atoms with Crippen molar-refractivity contribution in [3.8, 4) is 22.3 Å². The summed E-state index contributed by atoms with van der Waals surface area (Å²) in [5, 5.41) is 41.8. The Bertz CT molecular complexity index is 2520. The van der Waals surface area contributed by atoms with Gasteiger partial charge in [0.1, 0.15) is 36.6 Å². The van der Waals surface area contributed by atoms with E-state index in [-0.39, 0.29) is 60.7 Å². The number of amides is 4. The molecule has 368 valence electrons. The van der Waals surface area contributed by atoms with Gasteiger partial charge in [-0.1, -0.05) is 84.3 Å². The van der Waals surface area contributed by atoms with Gasteiger partial charge in [-0.2, -0.15) is 5.26 Å². The molecular formula is C51H62ClN7O9S. The molecule has 2 heterocycles. The van der Waals surface area contributed by atoms with E-state index in [9.17, 15) is 39.4 Å². The third-order valence-corrected chi connectivity index (χ3v) is 14.0. The van der Waals surface area contributed by atoms with Gasteiger partial charge in [-0.15, -0.1) is 11.3 Å². The number of hydrogen-bond acceptors (Lipinski definition) is 12. The van der Waals surface area contributed by atoms with Crippen molar-refractivity contribution < 1.29 is 43.7 Å². The Kier molecular flexibility index (Phi) is 16.8. The molecule has 16 nitrogen and oxygen atoms in total. The molecule has 4 amide bonds. The SMILES string of the molecule is CC1(C)C(NC(=O)c2ccc(NCCCCCOCC(=O)N[C@H](C(=O)N3C[C@H](O)C[C@H]3C(=O)NCc3ccc(-c4scnc4C(=O)O)cc3)C(C)(C)C)cc2)C(C)(C)C1Oc1ccc(C#N)c(Cl)c1. The number of halogens is 1. The third-order valence-electron chi connectivity index (χ3n) is 12.8. The number of nitrogens with zero attached hydrogens (tertiary/aromatic N) is 3. The van der Waals surface area contributed by atoms with E-state index >= 15 is 0 Å². The molecule has 2 aliphatic rings. The van der Waals surface area contributed by atoms with Crippen molar-refractivity contribution in [3.63, 3.8) is 0 Å². The molecule has 1 saturated heterocycles. The summed E-state index contributed by atoms with van der Waals surface area (Å²) >= 11 is 7.46. The minimum atomic E-state index is -1.11. The van der Waals surface area contributed by atoms with Crippen LogP contribution in [-0.4, -0.2) is 106 Å². The summed E-state index contributed by atoms with van der Waals surface area (Å²) in [6, 6.07) is 19.4. The van der Waals surface area contributed by atoms with Crippen LogP contribution in [0, 0.1) is 27.6 Å². The number of carboxylic acids is 1. The summed E-state index contributed by atoms with van der Waals surface area (Å²) in [7, 11) is 0. The fraction of sp³-hybridized carbons (Fsp3) is 0.471. The normalized spacial score (nSPS) is 19.6. The van der Waals surface area contributed by atoms with Crippen molar-refractivity contribution in [2.75, 3.05) is 31.6 Å². The maximum Gasteiger partial charge on any atom is 0.356 e. The molecule has 0 unspecified atom stereocenters. The maximum absolute atomic E-state index is 14.0. The number of aromatic carboxylic acids is 1. The summed E-state index contributed by atoms with van der Waals surface area (Å²) in [6.07, 6.45) is 1.30. The van der Waals surface area contributed by atoms with E-state index in [1.54, 1.807) is 54.6 Å². The number of rotatable bonds is 20. The lowest BCUT2D eigenvalue weighted by Crippen LogP contribution is -2.74. The number of carbonyl (C=O) groups is 5. The Balaban J connectivity index is 0.882. The Hall–Kier alpha value is -6.06. The Morgan fingerprint density at radius 2 is 1.68 bits per heavy atom. The van der Waals surface area contributed by atoms with Gasteiger partial charge in [0, 0.05) is 66.9 Å². The van der Waals surface area contributed by atoms with Crippen molar-refractivity contribution in [3.05, 3.63) is 99.6 Å². The molecule has 0 spiro atoms. The van der Waals surface area contributed by atoms with Crippen LogP contribution >= 0.6 is 22.9 Å². The van der Waals surface area contributed by atoms with Gasteiger partial charge in [0.25, 0.3) is 5.91 Å². The number of benzene rings is 3. The van der Waals surface area contributed by atoms with E-state index in [1.165, 1.54) is 21.7 Å². The van der Waals surface area contributed by atoms with E-state index in [0.29, 0.717) is 51.9 Å². The maximum atomic E-state index is 14.0. The first kappa shape index (κ1) is 52.3. The zero-order chi connectivity index (χ0) is 50.3. The molecule has 1 saturated carbocycles. The minimum absolute atomic E-state index is 0.0268. The Morgan fingerprint density at radius 1 is 0.986 bits per heavy atom. The number of aromatic nitrogens is 1. The number of ether oxygens (including phenoxy) is 2. The summed E-state index contributed by atoms with van der Waals surface area (Å²) in [5.41, 5.74) is 3.19. The van der Waals surface area contributed by atoms with Crippen molar-refractivity contribution in [2.24, 2.45) is 16.2 Å². The number of likely N-dealkylation sites (tertiary alicyclic amines) is 1. The first-order valence-corrected chi connectivity index (χ1v) is 24.3. The highest BCUT2D eigenvalue weighted by molar-refractivity contribution is 7.13. The minimum Gasteiger partial charge on any atom is -0.489 e. The molecule has 6 N–H and O–H groups in total. The molecule has 4 aromatic rings. The van der Waals surface area contributed by atoms with Crippen LogP contribution in [0.25, 0.3) is 10.4 Å². The van der Waals surface area contributed by atoms with Crippen LogP contribution < -0.4 is 26.0 Å². The van der Waals surface area contributed by atoms with Gasteiger partial charge in [-0.3, -0.25) is 19.2 Å². The van der Waals surface area contributed by atoms with Gasteiger partial charge in [-0.25, -0.2) is 9.78 Å². The molecule has 0 radical (unpaired) electrons. The molecular weight excluding hydrogens is 922 g/mol. The van der Waals surface area contributed by atoms with Gasteiger partial charge in [0.05, 0.1) is 27.1 Å². The number of thiazole rings is 1. The summed E-state index contributed by atoms with van der Waals surface area (Å²) in [6.45, 7) is 14.6. The Morgan fingerprint density at radius 3 is 2.32 bits per heavy atom. The predicted molar refractivity (Wildman–Crippen MR) is 263 cm³/mol. The molecule has 2 fully saturated rings. The first-order chi connectivity index (χ1) is 32.6.